The molecule has 5 nitrogen and oxygen atoms in total. The fourth-order valence-electron chi connectivity index (χ4n) is 3.06. The number of carboxylic acid groups (broad SMARTS) is 1. The van der Waals surface area contributed by atoms with Crippen molar-refractivity contribution >= 4 is 11.9 Å². The SMILES string of the molecule is COCCN1C(=O)CC[C@@H](C(=O)O)[C@H]1c1ccccc1C(F)(F)F. The first-order chi connectivity index (χ1) is 11.3. The van der Waals surface area contributed by atoms with Gasteiger partial charge in [-0.25, -0.2) is 0 Å². The molecular weight excluding hydrogens is 327 g/mol. The third-order valence-corrected chi connectivity index (χ3v) is 4.14. The van der Waals surface area contributed by atoms with Crippen molar-refractivity contribution in [2.24, 2.45) is 5.92 Å². The molecule has 1 saturated heterocycles. The molecule has 1 aliphatic heterocycles. The van der Waals surface area contributed by atoms with Gasteiger partial charge in [-0.1, -0.05) is 18.2 Å². The molecule has 1 heterocycles. The van der Waals surface area contributed by atoms with E-state index in [0.29, 0.717) is 0 Å². The molecule has 1 aromatic rings. The molecule has 8 heteroatoms. The summed E-state index contributed by atoms with van der Waals surface area (Å²) in [6.07, 6.45) is -4.63. The molecule has 0 aromatic heterocycles. The minimum absolute atomic E-state index is 0.00844. The van der Waals surface area contributed by atoms with Crippen LogP contribution in [0, 0.1) is 5.92 Å². The first-order valence-electron chi connectivity index (χ1n) is 7.44. The lowest BCUT2D eigenvalue weighted by atomic mass is 9.82. The fraction of sp³-hybridized carbons (Fsp3) is 0.500. The summed E-state index contributed by atoms with van der Waals surface area (Å²) in [6, 6.07) is 3.63. The second-order valence-electron chi connectivity index (χ2n) is 5.59. The van der Waals surface area contributed by atoms with Gasteiger partial charge < -0.3 is 14.7 Å². The number of carbonyl (C=O) groups excluding carboxylic acids is 1. The van der Waals surface area contributed by atoms with Crippen LogP contribution < -0.4 is 0 Å². The van der Waals surface area contributed by atoms with Gasteiger partial charge in [0.05, 0.1) is 24.1 Å². The zero-order chi connectivity index (χ0) is 17.9. The number of rotatable bonds is 5. The topological polar surface area (TPSA) is 66.8 Å². The molecule has 0 radical (unpaired) electrons. The van der Waals surface area contributed by atoms with E-state index in [0.717, 1.165) is 6.07 Å². The first-order valence-corrected chi connectivity index (χ1v) is 7.44. The molecule has 24 heavy (non-hydrogen) atoms. The number of aliphatic carboxylic acids is 1. The van der Waals surface area contributed by atoms with E-state index in [4.69, 9.17) is 4.74 Å². The van der Waals surface area contributed by atoms with Crippen molar-refractivity contribution in [2.45, 2.75) is 25.1 Å². The van der Waals surface area contributed by atoms with Crippen LogP contribution in [-0.2, 0) is 20.5 Å². The molecule has 0 spiro atoms. The Kier molecular flexibility index (Phi) is 5.48. The Morgan fingerprint density at radius 2 is 2.04 bits per heavy atom. The lowest BCUT2D eigenvalue weighted by Gasteiger charge is -2.40. The van der Waals surface area contributed by atoms with E-state index in [9.17, 15) is 27.9 Å². The zero-order valence-corrected chi connectivity index (χ0v) is 13.0. The fourth-order valence-corrected chi connectivity index (χ4v) is 3.06. The maximum Gasteiger partial charge on any atom is 0.416 e. The van der Waals surface area contributed by atoms with Gasteiger partial charge in [-0.3, -0.25) is 9.59 Å². The number of hydrogen-bond acceptors (Lipinski definition) is 3. The number of carbonyl (C=O) groups is 2. The summed E-state index contributed by atoms with van der Waals surface area (Å²) in [6.45, 7) is 0.152. The summed E-state index contributed by atoms with van der Waals surface area (Å²) in [4.78, 5) is 25.0. The van der Waals surface area contributed by atoms with E-state index in [1.807, 2.05) is 0 Å². The second-order valence-corrected chi connectivity index (χ2v) is 5.59. The van der Waals surface area contributed by atoms with Crippen molar-refractivity contribution in [3.05, 3.63) is 35.4 Å². The first kappa shape index (κ1) is 18.3. The predicted octanol–water partition coefficient (Wildman–Crippen LogP) is 2.72. The Labute approximate surface area is 137 Å². The van der Waals surface area contributed by atoms with Crippen LogP contribution in [0.3, 0.4) is 0 Å². The highest BCUT2D eigenvalue weighted by atomic mass is 19.4. The van der Waals surface area contributed by atoms with Crippen LogP contribution in [0.1, 0.15) is 30.0 Å². The van der Waals surface area contributed by atoms with Crippen molar-refractivity contribution in [1.82, 2.24) is 4.90 Å². The summed E-state index contributed by atoms with van der Waals surface area (Å²) in [7, 11) is 1.40. The number of alkyl halides is 3. The van der Waals surface area contributed by atoms with Gasteiger partial charge in [0.1, 0.15) is 0 Å². The van der Waals surface area contributed by atoms with Crippen molar-refractivity contribution < 1.29 is 32.6 Å². The highest BCUT2D eigenvalue weighted by Crippen LogP contribution is 2.42. The maximum absolute atomic E-state index is 13.3. The Hall–Kier alpha value is -2.09. The van der Waals surface area contributed by atoms with Gasteiger partial charge in [-0.15, -0.1) is 0 Å². The molecule has 132 valence electrons. The molecule has 2 atom stereocenters. The minimum atomic E-state index is -4.63. The van der Waals surface area contributed by atoms with Crippen molar-refractivity contribution in [3.63, 3.8) is 0 Å². The lowest BCUT2D eigenvalue weighted by Crippen LogP contribution is -2.47. The van der Waals surface area contributed by atoms with Crippen LogP contribution >= 0.6 is 0 Å². The number of hydrogen-bond donors (Lipinski definition) is 1. The molecule has 1 amide bonds. The molecule has 0 saturated carbocycles. The summed E-state index contributed by atoms with van der Waals surface area (Å²) < 4.78 is 44.9. The number of ether oxygens (including phenoxy) is 1. The quantitative estimate of drug-likeness (QED) is 0.891. The summed E-state index contributed by atoms with van der Waals surface area (Å²) in [5.74, 6) is -2.68. The Balaban J connectivity index is 2.54. The Morgan fingerprint density at radius 1 is 1.38 bits per heavy atom. The average Bonchev–Trinajstić information content (AvgIpc) is 2.52. The minimum Gasteiger partial charge on any atom is -0.481 e. The van der Waals surface area contributed by atoms with Gasteiger partial charge in [-0.2, -0.15) is 13.2 Å². The second kappa shape index (κ2) is 7.21. The number of carboxylic acids is 1. The normalized spacial score (nSPS) is 21.8. The van der Waals surface area contributed by atoms with Gasteiger partial charge >= 0.3 is 12.1 Å². The van der Waals surface area contributed by atoms with Crippen molar-refractivity contribution in [1.29, 1.82) is 0 Å². The van der Waals surface area contributed by atoms with E-state index in [-0.39, 0.29) is 37.5 Å². The van der Waals surface area contributed by atoms with Crippen molar-refractivity contribution in [3.8, 4) is 0 Å². The van der Waals surface area contributed by atoms with Crippen molar-refractivity contribution in [2.75, 3.05) is 20.3 Å². The number of likely N-dealkylation sites (tertiary alicyclic amines) is 1. The number of nitrogens with zero attached hydrogens (tertiary/aromatic N) is 1. The zero-order valence-electron chi connectivity index (χ0n) is 13.0. The third-order valence-electron chi connectivity index (χ3n) is 4.14. The molecule has 1 aromatic carbocycles. The molecular formula is C16H18F3NO4. The number of amides is 1. The highest BCUT2D eigenvalue weighted by Gasteiger charge is 2.44. The van der Waals surface area contributed by atoms with Crippen LogP contribution in [0.15, 0.2) is 24.3 Å². The average molecular weight is 345 g/mol. The predicted molar refractivity (Wildman–Crippen MR) is 78.1 cm³/mol. The highest BCUT2D eigenvalue weighted by molar-refractivity contribution is 5.82. The number of piperidine rings is 1. The molecule has 2 rings (SSSR count). The molecule has 0 aliphatic carbocycles. The standard InChI is InChI=1S/C16H18F3NO4/c1-24-9-8-20-13(21)7-6-11(15(22)23)14(20)10-4-2-3-5-12(10)16(17,18)19/h2-5,11,14H,6-9H2,1H3,(H,22,23)/t11-,14-/m1/s1. The molecule has 1 aliphatic rings. The van der Waals surface area contributed by atoms with E-state index >= 15 is 0 Å². The van der Waals surface area contributed by atoms with Gasteiger partial charge in [0.2, 0.25) is 5.91 Å². The van der Waals surface area contributed by atoms with E-state index in [1.54, 1.807) is 0 Å². The van der Waals surface area contributed by atoms with Crippen LogP contribution in [0.4, 0.5) is 13.2 Å². The smallest absolute Gasteiger partial charge is 0.416 e. The van der Waals surface area contributed by atoms with E-state index < -0.39 is 29.7 Å². The van der Waals surface area contributed by atoms with Crippen LogP contribution in [-0.4, -0.2) is 42.1 Å². The van der Waals surface area contributed by atoms with Gasteiger partial charge in [-0.05, 0) is 18.1 Å². The maximum atomic E-state index is 13.3. The van der Waals surface area contributed by atoms with Gasteiger partial charge in [0, 0.05) is 20.1 Å². The molecule has 1 fully saturated rings. The summed E-state index contributed by atoms with van der Waals surface area (Å²) >= 11 is 0. The summed E-state index contributed by atoms with van der Waals surface area (Å²) in [5, 5.41) is 9.44. The van der Waals surface area contributed by atoms with Crippen LogP contribution in [0.25, 0.3) is 0 Å². The van der Waals surface area contributed by atoms with Crippen LogP contribution in [0.2, 0.25) is 0 Å². The molecule has 0 bridgehead atoms. The Bertz CT molecular complexity index is 618. The number of benzene rings is 1. The number of halogens is 3. The largest absolute Gasteiger partial charge is 0.481 e. The number of methoxy groups -OCH3 is 1. The molecule has 1 N–H and O–H groups in total. The van der Waals surface area contributed by atoms with Gasteiger partial charge in [0.25, 0.3) is 0 Å². The third kappa shape index (κ3) is 3.69. The Morgan fingerprint density at radius 3 is 2.62 bits per heavy atom. The monoisotopic (exact) mass is 345 g/mol. The van der Waals surface area contributed by atoms with Crippen LogP contribution in [0.5, 0.6) is 0 Å². The molecule has 0 unspecified atom stereocenters. The van der Waals surface area contributed by atoms with Gasteiger partial charge in [0.15, 0.2) is 0 Å². The van der Waals surface area contributed by atoms with E-state index in [2.05, 4.69) is 0 Å². The lowest BCUT2D eigenvalue weighted by molar-refractivity contribution is -0.155. The van der Waals surface area contributed by atoms with E-state index in [1.165, 1.54) is 30.2 Å². The summed E-state index contributed by atoms with van der Waals surface area (Å²) in [5.41, 5.74) is -1.11.